The van der Waals surface area contributed by atoms with Crippen LogP contribution in [0.5, 0.6) is 0 Å². The van der Waals surface area contributed by atoms with Crippen molar-refractivity contribution in [2.75, 3.05) is 0 Å². The zero-order valence-electron chi connectivity index (χ0n) is 13.6. The van der Waals surface area contributed by atoms with Crippen LogP contribution < -0.4 is 0 Å². The second kappa shape index (κ2) is 9.84. The van der Waals surface area contributed by atoms with E-state index in [1.807, 2.05) is 0 Å². The Labute approximate surface area is 123 Å². The summed E-state index contributed by atoms with van der Waals surface area (Å²) < 4.78 is 0. The van der Waals surface area contributed by atoms with E-state index in [2.05, 4.69) is 6.92 Å². The van der Waals surface area contributed by atoms with Gasteiger partial charge in [0.15, 0.2) is 5.78 Å². The first kappa shape index (κ1) is 19.0. The maximum atomic E-state index is 11.7. The van der Waals surface area contributed by atoms with Crippen LogP contribution in [0, 0.1) is 5.41 Å². The second-order valence-corrected chi connectivity index (χ2v) is 6.56. The van der Waals surface area contributed by atoms with Crippen LogP contribution in [0.15, 0.2) is 0 Å². The van der Waals surface area contributed by atoms with Crippen molar-refractivity contribution in [1.29, 1.82) is 0 Å². The first-order valence-corrected chi connectivity index (χ1v) is 7.88. The van der Waals surface area contributed by atoms with Gasteiger partial charge in [-0.05, 0) is 19.3 Å². The van der Waals surface area contributed by atoms with E-state index in [1.54, 1.807) is 20.8 Å². The van der Waals surface area contributed by atoms with E-state index >= 15 is 0 Å². The highest BCUT2D eigenvalue weighted by atomic mass is 16.2. The van der Waals surface area contributed by atoms with E-state index in [1.165, 1.54) is 0 Å². The highest BCUT2D eigenvalue weighted by Crippen LogP contribution is 2.17. The first-order chi connectivity index (χ1) is 9.29. The molecular formula is C17H30O3. The molecule has 0 radical (unpaired) electrons. The predicted octanol–water partition coefficient (Wildman–Crippen LogP) is 4.27. The van der Waals surface area contributed by atoms with Crippen molar-refractivity contribution in [1.82, 2.24) is 0 Å². The molecule has 116 valence electrons. The van der Waals surface area contributed by atoms with Crippen LogP contribution in [0.1, 0.15) is 85.5 Å². The van der Waals surface area contributed by atoms with Crippen molar-refractivity contribution in [3.05, 3.63) is 0 Å². The highest BCUT2D eigenvalue weighted by Gasteiger charge is 2.27. The van der Waals surface area contributed by atoms with Crippen LogP contribution in [0.2, 0.25) is 0 Å². The molecule has 0 aliphatic carbocycles. The molecule has 0 saturated carbocycles. The van der Waals surface area contributed by atoms with E-state index in [0.29, 0.717) is 31.5 Å². The standard InChI is InChI=1S/C17H30O3/c1-5-6-8-11-14(18)12-9-7-10-13-15(19)16(20)17(2,3)4/h5-13H2,1-4H3. The van der Waals surface area contributed by atoms with E-state index < -0.39 is 5.41 Å². The third-order valence-corrected chi connectivity index (χ3v) is 3.35. The van der Waals surface area contributed by atoms with Crippen molar-refractivity contribution in [3.8, 4) is 0 Å². The third-order valence-electron chi connectivity index (χ3n) is 3.35. The van der Waals surface area contributed by atoms with Gasteiger partial charge in [0.2, 0.25) is 5.78 Å². The Hall–Kier alpha value is -0.990. The molecule has 0 aromatic rings. The topological polar surface area (TPSA) is 51.2 Å². The quantitative estimate of drug-likeness (QED) is 0.420. The molecule has 0 N–H and O–H groups in total. The van der Waals surface area contributed by atoms with Crippen molar-refractivity contribution >= 4 is 17.3 Å². The number of ketones is 3. The number of rotatable bonds is 11. The molecule has 0 aliphatic rings. The molecule has 0 aliphatic heterocycles. The van der Waals surface area contributed by atoms with E-state index in [0.717, 1.165) is 32.1 Å². The Kier molecular flexibility index (Phi) is 9.35. The van der Waals surface area contributed by atoms with Crippen molar-refractivity contribution in [2.24, 2.45) is 5.41 Å². The molecule has 0 fully saturated rings. The van der Waals surface area contributed by atoms with Gasteiger partial charge in [0.25, 0.3) is 0 Å². The van der Waals surface area contributed by atoms with E-state index in [-0.39, 0.29) is 11.6 Å². The van der Waals surface area contributed by atoms with Crippen LogP contribution in [-0.2, 0) is 14.4 Å². The zero-order chi connectivity index (χ0) is 15.6. The minimum absolute atomic E-state index is 0.272. The molecule has 0 atom stereocenters. The Morgan fingerprint density at radius 3 is 1.75 bits per heavy atom. The predicted molar refractivity (Wildman–Crippen MR) is 81.7 cm³/mol. The second-order valence-electron chi connectivity index (χ2n) is 6.56. The van der Waals surface area contributed by atoms with Gasteiger partial charge >= 0.3 is 0 Å². The van der Waals surface area contributed by atoms with Crippen molar-refractivity contribution < 1.29 is 14.4 Å². The van der Waals surface area contributed by atoms with E-state index in [4.69, 9.17) is 0 Å². The van der Waals surface area contributed by atoms with Crippen molar-refractivity contribution in [2.45, 2.75) is 85.5 Å². The molecular weight excluding hydrogens is 252 g/mol. The van der Waals surface area contributed by atoms with Gasteiger partial charge < -0.3 is 0 Å². The average Bonchev–Trinajstić information content (AvgIpc) is 2.36. The molecule has 3 nitrogen and oxygen atoms in total. The Bertz CT molecular complexity index is 324. The molecule has 0 unspecified atom stereocenters. The summed E-state index contributed by atoms with van der Waals surface area (Å²) in [6.07, 6.45) is 7.27. The lowest BCUT2D eigenvalue weighted by atomic mass is 9.87. The fourth-order valence-electron chi connectivity index (χ4n) is 2.01. The summed E-state index contributed by atoms with van der Waals surface area (Å²) in [6, 6.07) is 0. The molecule has 0 aromatic heterocycles. The molecule has 0 bridgehead atoms. The fourth-order valence-corrected chi connectivity index (χ4v) is 2.01. The lowest BCUT2D eigenvalue weighted by Crippen LogP contribution is -2.28. The SMILES string of the molecule is CCCCCC(=O)CCCCCC(=O)C(=O)C(C)(C)C. The number of Topliss-reactive ketones (excluding diaryl/α,β-unsaturated/α-hetero) is 3. The first-order valence-electron chi connectivity index (χ1n) is 7.88. The molecule has 3 heteroatoms. The zero-order valence-corrected chi connectivity index (χ0v) is 13.6. The van der Waals surface area contributed by atoms with Gasteiger partial charge in [0.1, 0.15) is 5.78 Å². The minimum atomic E-state index is -0.577. The molecule has 0 heterocycles. The largest absolute Gasteiger partial charge is 0.300 e. The van der Waals surface area contributed by atoms with Crippen LogP contribution in [0.3, 0.4) is 0 Å². The van der Waals surface area contributed by atoms with Crippen molar-refractivity contribution in [3.63, 3.8) is 0 Å². The number of carbonyl (C=O) groups excluding carboxylic acids is 3. The van der Waals surface area contributed by atoms with Gasteiger partial charge in [-0.15, -0.1) is 0 Å². The number of hydrogen-bond donors (Lipinski definition) is 0. The Morgan fingerprint density at radius 2 is 1.25 bits per heavy atom. The Morgan fingerprint density at radius 1 is 0.750 bits per heavy atom. The Balaban J connectivity index is 3.65. The minimum Gasteiger partial charge on any atom is -0.300 e. The number of unbranched alkanes of at least 4 members (excludes halogenated alkanes) is 4. The normalized spacial score (nSPS) is 11.4. The number of hydrogen-bond acceptors (Lipinski definition) is 3. The summed E-state index contributed by atoms with van der Waals surface area (Å²) in [6.45, 7) is 7.42. The average molecular weight is 282 g/mol. The summed E-state index contributed by atoms with van der Waals surface area (Å²) in [5.41, 5.74) is -0.577. The molecule has 0 aromatic carbocycles. The molecule has 0 rings (SSSR count). The molecule has 0 saturated heterocycles. The molecule has 0 spiro atoms. The van der Waals surface area contributed by atoms with Crippen LogP contribution in [0.25, 0.3) is 0 Å². The smallest absolute Gasteiger partial charge is 0.203 e. The van der Waals surface area contributed by atoms with Gasteiger partial charge in [-0.2, -0.15) is 0 Å². The van der Waals surface area contributed by atoms with Crippen LogP contribution in [0.4, 0.5) is 0 Å². The lowest BCUT2D eigenvalue weighted by molar-refractivity contribution is -0.141. The summed E-state index contributed by atoms with van der Waals surface area (Å²) in [7, 11) is 0. The summed E-state index contributed by atoms with van der Waals surface area (Å²) in [5, 5.41) is 0. The maximum Gasteiger partial charge on any atom is 0.203 e. The van der Waals surface area contributed by atoms with Gasteiger partial charge in [-0.3, -0.25) is 14.4 Å². The molecule has 0 amide bonds. The highest BCUT2D eigenvalue weighted by molar-refractivity contribution is 6.38. The number of carbonyl (C=O) groups is 3. The fraction of sp³-hybridized carbons (Fsp3) is 0.824. The van der Waals surface area contributed by atoms with Crippen LogP contribution >= 0.6 is 0 Å². The summed E-state index contributed by atoms with van der Waals surface area (Å²) in [4.78, 5) is 34.9. The maximum absolute atomic E-state index is 11.7. The van der Waals surface area contributed by atoms with Gasteiger partial charge in [0, 0.05) is 24.7 Å². The summed E-state index contributed by atoms with van der Waals surface area (Å²) in [5.74, 6) is -0.226. The molecule has 20 heavy (non-hydrogen) atoms. The lowest BCUT2D eigenvalue weighted by Gasteiger charge is -2.14. The van der Waals surface area contributed by atoms with Gasteiger partial charge in [-0.1, -0.05) is 47.0 Å². The van der Waals surface area contributed by atoms with Crippen LogP contribution in [-0.4, -0.2) is 17.3 Å². The van der Waals surface area contributed by atoms with Gasteiger partial charge in [0.05, 0.1) is 0 Å². The van der Waals surface area contributed by atoms with E-state index in [9.17, 15) is 14.4 Å². The monoisotopic (exact) mass is 282 g/mol. The summed E-state index contributed by atoms with van der Waals surface area (Å²) >= 11 is 0. The third kappa shape index (κ3) is 9.00. The van der Waals surface area contributed by atoms with Gasteiger partial charge in [-0.25, -0.2) is 0 Å².